The Morgan fingerprint density at radius 3 is 3.14 bits per heavy atom. The van der Waals surface area contributed by atoms with Crippen LogP contribution >= 0.6 is 22.9 Å². The molecule has 0 bridgehead atoms. The van der Waals surface area contributed by atoms with E-state index in [4.69, 9.17) is 11.6 Å². The summed E-state index contributed by atoms with van der Waals surface area (Å²) in [4.78, 5) is 2.42. The number of halogens is 1. The Balaban J connectivity index is 2.08. The molecule has 0 saturated carbocycles. The smallest absolute Gasteiger partial charge is 0.0950 e. The number of nitrogens with zero attached hydrogens (tertiary/aromatic N) is 1. The van der Waals surface area contributed by atoms with Gasteiger partial charge in [-0.1, -0.05) is 18.5 Å². The Morgan fingerprint density at radius 1 is 1.57 bits per heavy atom. The molecule has 0 aliphatic carbocycles. The van der Waals surface area contributed by atoms with Crippen LogP contribution in [-0.2, 0) is 0 Å². The maximum Gasteiger partial charge on any atom is 0.0950 e. The minimum absolute atomic E-state index is 0.707. The summed E-state index contributed by atoms with van der Waals surface area (Å²) in [5.41, 5.74) is 0. The number of anilines is 1. The molecule has 78 valence electrons. The van der Waals surface area contributed by atoms with Crippen molar-refractivity contribution in [2.45, 2.75) is 6.92 Å². The van der Waals surface area contributed by atoms with Crippen LogP contribution in [0.3, 0.4) is 0 Å². The first kappa shape index (κ1) is 10.3. The third-order valence-corrected chi connectivity index (χ3v) is 3.75. The van der Waals surface area contributed by atoms with Crippen LogP contribution < -0.4 is 10.2 Å². The summed E-state index contributed by atoms with van der Waals surface area (Å²) in [6.45, 7) is 6.68. The molecule has 14 heavy (non-hydrogen) atoms. The summed E-state index contributed by atoms with van der Waals surface area (Å²) in [7, 11) is 0. The fourth-order valence-electron chi connectivity index (χ4n) is 1.77. The Morgan fingerprint density at radius 2 is 2.43 bits per heavy atom. The van der Waals surface area contributed by atoms with Crippen molar-refractivity contribution >= 4 is 27.9 Å². The summed E-state index contributed by atoms with van der Waals surface area (Å²) in [5.74, 6) is 0.707. The SMILES string of the molecule is CC1CNCCN(c2ccc(Cl)s2)C1. The Hall–Kier alpha value is -0.250. The van der Waals surface area contributed by atoms with Gasteiger partial charge in [0.2, 0.25) is 0 Å². The minimum Gasteiger partial charge on any atom is -0.362 e. The van der Waals surface area contributed by atoms with Crippen LogP contribution in [0.15, 0.2) is 12.1 Å². The van der Waals surface area contributed by atoms with E-state index in [1.165, 1.54) is 5.00 Å². The van der Waals surface area contributed by atoms with Crippen LogP contribution in [0.5, 0.6) is 0 Å². The van der Waals surface area contributed by atoms with Crippen LogP contribution in [0.25, 0.3) is 0 Å². The van der Waals surface area contributed by atoms with E-state index in [-0.39, 0.29) is 0 Å². The van der Waals surface area contributed by atoms with Gasteiger partial charge in [0.25, 0.3) is 0 Å². The Kier molecular flexibility index (Phi) is 3.31. The summed E-state index contributed by atoms with van der Waals surface area (Å²) in [5, 5.41) is 4.73. The zero-order valence-electron chi connectivity index (χ0n) is 8.29. The third kappa shape index (κ3) is 2.41. The van der Waals surface area contributed by atoms with E-state index in [0.717, 1.165) is 30.5 Å². The van der Waals surface area contributed by atoms with Crippen LogP contribution in [-0.4, -0.2) is 26.2 Å². The van der Waals surface area contributed by atoms with Crippen LogP contribution in [0.4, 0.5) is 5.00 Å². The zero-order chi connectivity index (χ0) is 9.97. The van der Waals surface area contributed by atoms with Gasteiger partial charge in [0, 0.05) is 19.6 Å². The van der Waals surface area contributed by atoms with E-state index < -0.39 is 0 Å². The van der Waals surface area contributed by atoms with Crippen molar-refractivity contribution in [1.29, 1.82) is 0 Å². The van der Waals surface area contributed by atoms with Gasteiger partial charge in [0.15, 0.2) is 0 Å². The maximum atomic E-state index is 5.93. The van der Waals surface area contributed by atoms with Crippen molar-refractivity contribution < 1.29 is 0 Å². The first-order chi connectivity index (χ1) is 6.75. The molecule has 1 unspecified atom stereocenters. The molecule has 1 N–H and O–H groups in total. The maximum absolute atomic E-state index is 5.93. The number of nitrogens with one attached hydrogen (secondary N) is 1. The standard InChI is InChI=1S/C10H15ClN2S/c1-8-6-12-4-5-13(7-8)10-3-2-9(11)14-10/h2-3,8,12H,4-7H2,1H3. The number of rotatable bonds is 1. The van der Waals surface area contributed by atoms with Crippen LogP contribution in [0.1, 0.15) is 6.92 Å². The molecule has 1 aromatic rings. The number of thiophene rings is 1. The van der Waals surface area contributed by atoms with Gasteiger partial charge in [-0.25, -0.2) is 0 Å². The van der Waals surface area contributed by atoms with Crippen molar-refractivity contribution in [3.63, 3.8) is 0 Å². The molecule has 1 saturated heterocycles. The molecule has 0 aromatic carbocycles. The van der Waals surface area contributed by atoms with E-state index in [1.807, 2.05) is 6.07 Å². The molecule has 1 atom stereocenters. The van der Waals surface area contributed by atoms with Crippen LogP contribution in [0.2, 0.25) is 4.34 Å². The average Bonchev–Trinajstić information content (AvgIpc) is 2.45. The van der Waals surface area contributed by atoms with Gasteiger partial charge >= 0.3 is 0 Å². The van der Waals surface area contributed by atoms with Gasteiger partial charge in [-0.15, -0.1) is 11.3 Å². The van der Waals surface area contributed by atoms with E-state index in [1.54, 1.807) is 11.3 Å². The van der Waals surface area contributed by atoms with E-state index in [9.17, 15) is 0 Å². The van der Waals surface area contributed by atoms with Crippen LogP contribution in [0, 0.1) is 5.92 Å². The van der Waals surface area contributed by atoms with Gasteiger partial charge in [-0.2, -0.15) is 0 Å². The van der Waals surface area contributed by atoms with Crippen molar-refractivity contribution in [3.05, 3.63) is 16.5 Å². The van der Waals surface area contributed by atoms with Crippen molar-refractivity contribution in [2.24, 2.45) is 5.92 Å². The van der Waals surface area contributed by atoms with Gasteiger partial charge < -0.3 is 10.2 Å². The molecule has 0 amide bonds. The lowest BCUT2D eigenvalue weighted by Gasteiger charge is -2.22. The molecule has 4 heteroatoms. The molecule has 1 fully saturated rings. The second kappa shape index (κ2) is 4.51. The second-order valence-electron chi connectivity index (χ2n) is 3.83. The van der Waals surface area contributed by atoms with E-state index in [2.05, 4.69) is 23.2 Å². The summed E-state index contributed by atoms with van der Waals surface area (Å²) >= 11 is 7.60. The Bertz CT molecular complexity index is 300. The fraction of sp³-hybridized carbons (Fsp3) is 0.600. The predicted octanol–water partition coefficient (Wildman–Crippen LogP) is 2.45. The first-order valence-corrected chi connectivity index (χ1v) is 6.16. The molecule has 2 nitrogen and oxygen atoms in total. The lowest BCUT2D eigenvalue weighted by atomic mass is 10.2. The average molecular weight is 231 g/mol. The molecule has 0 spiro atoms. The normalized spacial score (nSPS) is 23.6. The van der Waals surface area contributed by atoms with Gasteiger partial charge in [0.1, 0.15) is 0 Å². The fourth-order valence-corrected chi connectivity index (χ4v) is 2.84. The van der Waals surface area contributed by atoms with E-state index in [0.29, 0.717) is 5.92 Å². The van der Waals surface area contributed by atoms with Gasteiger partial charge in [-0.3, -0.25) is 0 Å². The molecule has 1 aliphatic heterocycles. The van der Waals surface area contributed by atoms with E-state index >= 15 is 0 Å². The molecule has 1 aromatic heterocycles. The summed E-state index contributed by atoms with van der Waals surface area (Å²) in [6, 6.07) is 4.09. The van der Waals surface area contributed by atoms with Crippen molar-refractivity contribution in [3.8, 4) is 0 Å². The minimum atomic E-state index is 0.707. The topological polar surface area (TPSA) is 15.3 Å². The highest BCUT2D eigenvalue weighted by molar-refractivity contribution is 7.19. The number of hydrogen-bond donors (Lipinski definition) is 1. The molecular formula is C10H15ClN2S. The molecule has 2 rings (SSSR count). The largest absolute Gasteiger partial charge is 0.362 e. The Labute approximate surface area is 93.9 Å². The lowest BCUT2D eigenvalue weighted by molar-refractivity contribution is 0.564. The first-order valence-electron chi connectivity index (χ1n) is 4.96. The highest BCUT2D eigenvalue weighted by Crippen LogP contribution is 2.30. The highest BCUT2D eigenvalue weighted by Gasteiger charge is 2.15. The monoisotopic (exact) mass is 230 g/mol. The van der Waals surface area contributed by atoms with Crippen molar-refractivity contribution in [1.82, 2.24) is 5.32 Å². The molecule has 0 radical (unpaired) electrons. The summed E-state index contributed by atoms with van der Waals surface area (Å²) in [6.07, 6.45) is 0. The lowest BCUT2D eigenvalue weighted by Crippen LogP contribution is -2.28. The van der Waals surface area contributed by atoms with Gasteiger partial charge in [-0.05, 0) is 24.6 Å². The summed E-state index contributed by atoms with van der Waals surface area (Å²) < 4.78 is 0.879. The molecular weight excluding hydrogens is 216 g/mol. The van der Waals surface area contributed by atoms with Crippen molar-refractivity contribution in [2.75, 3.05) is 31.1 Å². The second-order valence-corrected chi connectivity index (χ2v) is 5.53. The van der Waals surface area contributed by atoms with Gasteiger partial charge in [0.05, 0.1) is 9.34 Å². The highest BCUT2D eigenvalue weighted by atomic mass is 35.5. The quantitative estimate of drug-likeness (QED) is 0.798. The molecule has 2 heterocycles. The molecule has 1 aliphatic rings. The third-order valence-electron chi connectivity index (χ3n) is 2.45. The predicted molar refractivity (Wildman–Crippen MR) is 63.6 cm³/mol. The number of hydrogen-bond acceptors (Lipinski definition) is 3. The zero-order valence-corrected chi connectivity index (χ0v) is 9.87.